The molecule has 2 heterocycles. The summed E-state index contributed by atoms with van der Waals surface area (Å²) in [6.45, 7) is 15.9. The summed E-state index contributed by atoms with van der Waals surface area (Å²) in [6, 6.07) is 20.7. The first-order valence-electron chi connectivity index (χ1n) is 19.1. The van der Waals surface area contributed by atoms with Gasteiger partial charge in [-0.05, 0) is 122 Å². The third-order valence-electron chi connectivity index (χ3n) is 10.7. The van der Waals surface area contributed by atoms with Crippen LogP contribution < -0.4 is 11.1 Å². The Bertz CT molecular complexity index is 1370. The van der Waals surface area contributed by atoms with Gasteiger partial charge in [-0.2, -0.15) is 0 Å². The van der Waals surface area contributed by atoms with Crippen molar-refractivity contribution in [2.24, 2.45) is 16.6 Å². The number of hydrogen-bond acceptors (Lipinski definition) is 7. The average Bonchev–Trinajstić information content (AvgIpc) is 3.71. The minimum Gasteiger partial charge on any atom is -0.444 e. The molecule has 2 aliphatic carbocycles. The van der Waals surface area contributed by atoms with E-state index in [1.165, 1.54) is 31.2 Å². The highest BCUT2D eigenvalue weighted by molar-refractivity contribution is 5.74. The van der Waals surface area contributed by atoms with Crippen molar-refractivity contribution in [3.63, 3.8) is 0 Å². The number of hydrogen-bond donors (Lipinski definition) is 2. The Hall–Kier alpha value is -3.43. The van der Waals surface area contributed by atoms with Gasteiger partial charge in [0, 0.05) is 50.4 Å². The fourth-order valence-electron chi connectivity index (χ4n) is 7.73. The maximum Gasteiger partial charge on any atom is 0.410 e. The Morgan fingerprint density at radius 2 is 1.16 bits per heavy atom. The summed E-state index contributed by atoms with van der Waals surface area (Å²) in [4.78, 5) is 38.1. The van der Waals surface area contributed by atoms with Gasteiger partial charge in [0.2, 0.25) is 0 Å². The van der Waals surface area contributed by atoms with E-state index in [4.69, 9.17) is 15.2 Å². The Morgan fingerprint density at radius 3 is 1.57 bits per heavy atom. The smallest absolute Gasteiger partial charge is 0.410 e. The largest absolute Gasteiger partial charge is 0.444 e. The second-order valence-electron chi connectivity index (χ2n) is 17.3. The molecule has 2 aromatic rings. The zero-order valence-electron chi connectivity index (χ0n) is 32.1. The van der Waals surface area contributed by atoms with Crippen LogP contribution in [-0.2, 0) is 16.0 Å². The minimum absolute atomic E-state index is 0.145. The molecule has 4 aliphatic rings. The lowest BCUT2D eigenvalue weighted by Gasteiger charge is -2.37. The third-order valence-corrected chi connectivity index (χ3v) is 10.7. The molecule has 2 saturated carbocycles. The van der Waals surface area contributed by atoms with Gasteiger partial charge >= 0.3 is 12.2 Å². The molecule has 0 radical (unpaired) electrons. The zero-order valence-corrected chi connectivity index (χ0v) is 32.1. The SMILES string of the molecule is CC(C)(C)OC(=O)N1CCC2(CCC(N)CC2)C1.CC(C)(C)OC(=O)N1CCC2(CCC(NCc3ccccc3)CC2)C1.O=Cc1ccccc1. The first-order chi connectivity index (χ1) is 24.1. The van der Waals surface area contributed by atoms with Crippen LogP contribution in [0.3, 0.4) is 0 Å². The second kappa shape index (κ2) is 17.9. The van der Waals surface area contributed by atoms with E-state index in [1.54, 1.807) is 12.1 Å². The summed E-state index contributed by atoms with van der Waals surface area (Å²) in [6.07, 6.45) is 12.1. The number of rotatable bonds is 4. The van der Waals surface area contributed by atoms with Crippen LogP contribution >= 0.6 is 0 Å². The molecular weight excluding hydrogens is 640 g/mol. The van der Waals surface area contributed by atoms with Crippen molar-refractivity contribution in [1.82, 2.24) is 15.1 Å². The van der Waals surface area contributed by atoms with Gasteiger partial charge in [-0.3, -0.25) is 4.79 Å². The maximum absolute atomic E-state index is 12.3. The lowest BCUT2D eigenvalue weighted by Crippen LogP contribution is -2.40. The number of nitrogens with two attached hydrogens (primary N) is 1. The van der Waals surface area contributed by atoms with Crippen LogP contribution in [0, 0.1) is 10.8 Å². The molecule has 51 heavy (non-hydrogen) atoms. The van der Waals surface area contributed by atoms with Crippen molar-refractivity contribution in [3.8, 4) is 0 Å². The van der Waals surface area contributed by atoms with E-state index >= 15 is 0 Å². The topological polar surface area (TPSA) is 114 Å². The van der Waals surface area contributed by atoms with Crippen molar-refractivity contribution in [2.75, 3.05) is 26.2 Å². The number of carbonyl (C=O) groups is 3. The number of ether oxygens (including phenoxy) is 2. The standard InChI is InChI=1S/C21H32N2O2.C14H26N2O2.C7H6O/c1-20(2,3)25-19(24)23-14-13-21(16-23)11-9-18(10-12-21)22-15-17-7-5-4-6-8-17;1-13(2,3)18-12(17)16-9-8-14(10-16)6-4-11(15)5-7-14;8-6-7-4-2-1-3-5-7/h4-8,18,22H,9-16H2,1-3H3;11H,4-10,15H2,1-3H3;1-6H. The van der Waals surface area contributed by atoms with Gasteiger partial charge in [0.15, 0.2) is 0 Å². The molecule has 2 spiro atoms. The minimum atomic E-state index is -0.411. The third kappa shape index (κ3) is 13.2. The highest BCUT2D eigenvalue weighted by Gasteiger charge is 2.44. The van der Waals surface area contributed by atoms with Crippen LogP contribution in [0.15, 0.2) is 60.7 Å². The van der Waals surface area contributed by atoms with E-state index in [-0.39, 0.29) is 12.2 Å². The fourth-order valence-corrected chi connectivity index (χ4v) is 7.73. The van der Waals surface area contributed by atoms with Gasteiger partial charge in [0.1, 0.15) is 17.5 Å². The highest BCUT2D eigenvalue weighted by atomic mass is 16.6. The van der Waals surface area contributed by atoms with Crippen molar-refractivity contribution in [1.29, 1.82) is 0 Å². The number of benzene rings is 2. The number of nitrogens with one attached hydrogen (secondary N) is 1. The molecule has 2 aromatic carbocycles. The molecule has 3 N–H and O–H groups in total. The molecule has 0 atom stereocenters. The Labute approximate surface area is 307 Å². The Morgan fingerprint density at radius 1 is 0.725 bits per heavy atom. The number of likely N-dealkylation sites (tertiary alicyclic amines) is 2. The first-order valence-corrected chi connectivity index (χ1v) is 19.1. The highest BCUT2D eigenvalue weighted by Crippen LogP contribution is 2.45. The molecule has 6 rings (SSSR count). The van der Waals surface area contributed by atoms with Crippen LogP contribution in [0.1, 0.15) is 122 Å². The second-order valence-corrected chi connectivity index (χ2v) is 17.3. The Balaban J connectivity index is 0.000000194. The predicted molar refractivity (Wildman–Crippen MR) is 204 cm³/mol. The van der Waals surface area contributed by atoms with E-state index in [1.807, 2.05) is 69.5 Å². The van der Waals surface area contributed by atoms with E-state index in [9.17, 15) is 14.4 Å². The van der Waals surface area contributed by atoms with Crippen molar-refractivity contribution < 1.29 is 23.9 Å². The lowest BCUT2D eigenvalue weighted by molar-refractivity contribution is 0.0250. The number of amides is 2. The normalized spacial score (nSPS) is 26.1. The molecule has 2 saturated heterocycles. The molecule has 282 valence electrons. The van der Waals surface area contributed by atoms with Gasteiger partial charge in [-0.25, -0.2) is 9.59 Å². The van der Waals surface area contributed by atoms with E-state index in [0.717, 1.165) is 83.1 Å². The number of nitrogens with zero attached hydrogens (tertiary/aromatic N) is 2. The lowest BCUT2D eigenvalue weighted by atomic mass is 9.72. The van der Waals surface area contributed by atoms with Crippen LogP contribution in [0.25, 0.3) is 0 Å². The van der Waals surface area contributed by atoms with Gasteiger partial charge in [0.25, 0.3) is 0 Å². The molecule has 9 nitrogen and oxygen atoms in total. The Kier molecular flexibility index (Phi) is 14.1. The summed E-state index contributed by atoms with van der Waals surface area (Å²) in [7, 11) is 0. The van der Waals surface area contributed by atoms with E-state index in [0.29, 0.717) is 22.9 Å². The molecule has 2 aliphatic heterocycles. The number of carbonyl (C=O) groups excluding carboxylic acids is 3. The average molecular weight is 705 g/mol. The van der Waals surface area contributed by atoms with Crippen LogP contribution in [0.5, 0.6) is 0 Å². The number of aldehydes is 1. The van der Waals surface area contributed by atoms with E-state index < -0.39 is 11.2 Å². The van der Waals surface area contributed by atoms with Crippen LogP contribution in [-0.4, -0.2) is 77.7 Å². The van der Waals surface area contributed by atoms with Crippen LogP contribution in [0.4, 0.5) is 9.59 Å². The quantitative estimate of drug-likeness (QED) is 0.308. The molecule has 4 fully saturated rings. The van der Waals surface area contributed by atoms with Gasteiger partial charge in [-0.15, -0.1) is 0 Å². The molecule has 0 aromatic heterocycles. The van der Waals surface area contributed by atoms with Gasteiger partial charge in [0.05, 0.1) is 0 Å². The van der Waals surface area contributed by atoms with Gasteiger partial charge < -0.3 is 30.3 Å². The molecule has 0 bridgehead atoms. The van der Waals surface area contributed by atoms with Crippen LogP contribution in [0.2, 0.25) is 0 Å². The molecule has 0 unspecified atom stereocenters. The summed E-state index contributed by atoms with van der Waals surface area (Å²) < 4.78 is 11.0. The summed E-state index contributed by atoms with van der Waals surface area (Å²) in [5.74, 6) is 0. The van der Waals surface area contributed by atoms with E-state index in [2.05, 4.69) is 35.6 Å². The maximum atomic E-state index is 12.3. The molecule has 2 amide bonds. The van der Waals surface area contributed by atoms with Crippen molar-refractivity contribution >= 4 is 18.5 Å². The zero-order chi connectivity index (χ0) is 37.1. The fraction of sp³-hybridized carbons (Fsp3) is 0.643. The molecule has 9 heteroatoms. The predicted octanol–water partition coefficient (Wildman–Crippen LogP) is 8.36. The first kappa shape index (κ1) is 40.3. The molecular formula is C42H64N4O5. The van der Waals surface area contributed by atoms with Gasteiger partial charge in [-0.1, -0.05) is 60.7 Å². The monoisotopic (exact) mass is 704 g/mol. The summed E-state index contributed by atoms with van der Waals surface area (Å²) in [5, 5.41) is 3.70. The van der Waals surface area contributed by atoms with Crippen molar-refractivity contribution in [3.05, 3.63) is 71.8 Å². The summed E-state index contributed by atoms with van der Waals surface area (Å²) >= 11 is 0. The van der Waals surface area contributed by atoms with Crippen molar-refractivity contribution in [2.45, 2.75) is 136 Å². The summed E-state index contributed by atoms with van der Waals surface area (Å²) in [5.41, 5.74) is 7.87.